The Hall–Kier alpha value is -3.28. The highest BCUT2D eigenvalue weighted by Gasteiger charge is 2.13. The first-order valence-electron chi connectivity index (χ1n) is 11.3. The Labute approximate surface area is 209 Å². The highest BCUT2D eigenvalue weighted by atomic mass is 35.5. The number of nitrogens with zero attached hydrogens (tertiary/aromatic N) is 3. The van der Waals surface area contributed by atoms with Gasteiger partial charge in [-0.25, -0.2) is 9.97 Å². The van der Waals surface area contributed by atoms with Crippen LogP contribution in [0.15, 0.2) is 85.3 Å². The molecule has 178 valence electrons. The number of anilines is 1. The lowest BCUT2D eigenvalue weighted by molar-refractivity contribution is 0.797. The van der Waals surface area contributed by atoms with Crippen molar-refractivity contribution in [2.24, 2.45) is 5.73 Å². The smallest absolute Gasteiger partial charge is 0.223 e. The molecular weight excluding hydrogens is 442 g/mol. The lowest BCUT2D eigenvalue weighted by atomic mass is 10.00. The van der Waals surface area contributed by atoms with E-state index in [9.17, 15) is 0 Å². The van der Waals surface area contributed by atoms with Crippen LogP contribution in [0.25, 0.3) is 22.4 Å². The molecule has 1 atom stereocenters. The van der Waals surface area contributed by atoms with E-state index in [-0.39, 0.29) is 12.4 Å². The molecule has 0 aliphatic carbocycles. The molecule has 0 aliphatic heterocycles. The number of halogens is 1. The molecule has 0 aliphatic rings. The number of aryl methyl sites for hydroxylation is 1. The van der Waals surface area contributed by atoms with Crippen LogP contribution in [0.4, 0.5) is 5.95 Å². The van der Waals surface area contributed by atoms with Gasteiger partial charge in [-0.1, -0.05) is 80.9 Å². The lowest BCUT2D eigenvalue weighted by Crippen LogP contribution is -2.12. The fraction of sp³-hybridized carbons (Fsp3) is 0.250. The summed E-state index contributed by atoms with van der Waals surface area (Å²) in [6.45, 7) is 8.95. The maximum Gasteiger partial charge on any atom is 0.223 e. The van der Waals surface area contributed by atoms with Crippen LogP contribution in [0.2, 0.25) is 0 Å². The van der Waals surface area contributed by atoms with Crippen molar-refractivity contribution in [1.29, 1.82) is 0 Å². The van der Waals surface area contributed by atoms with Gasteiger partial charge in [-0.15, -0.1) is 12.4 Å². The van der Waals surface area contributed by atoms with Gasteiger partial charge >= 0.3 is 0 Å². The molecule has 34 heavy (non-hydrogen) atoms. The number of hydrogen-bond donors (Lipinski definition) is 2. The summed E-state index contributed by atoms with van der Waals surface area (Å²) in [7, 11) is 0. The summed E-state index contributed by atoms with van der Waals surface area (Å²) in [6.07, 6.45) is 5.50. The van der Waals surface area contributed by atoms with Gasteiger partial charge in [0.05, 0.1) is 5.69 Å². The van der Waals surface area contributed by atoms with Gasteiger partial charge in [-0.05, 0) is 42.1 Å². The number of nitrogens with one attached hydrogen (secondary N) is 1. The van der Waals surface area contributed by atoms with Gasteiger partial charge in [0.1, 0.15) is 0 Å². The molecule has 0 radical (unpaired) electrons. The van der Waals surface area contributed by atoms with Crippen molar-refractivity contribution in [3.63, 3.8) is 0 Å². The summed E-state index contributed by atoms with van der Waals surface area (Å²) in [5, 5.41) is 3.41. The van der Waals surface area contributed by atoms with Crippen LogP contribution < -0.4 is 11.1 Å². The van der Waals surface area contributed by atoms with Crippen LogP contribution in [-0.4, -0.2) is 27.5 Å². The van der Waals surface area contributed by atoms with Crippen molar-refractivity contribution in [1.82, 2.24) is 15.0 Å². The van der Waals surface area contributed by atoms with E-state index in [1.807, 2.05) is 38.2 Å². The molecule has 2 aromatic heterocycles. The van der Waals surface area contributed by atoms with Gasteiger partial charge in [-0.2, -0.15) is 0 Å². The van der Waals surface area contributed by atoms with Crippen molar-refractivity contribution >= 4 is 18.4 Å². The molecule has 0 bridgehead atoms. The first-order valence-corrected chi connectivity index (χ1v) is 11.3. The summed E-state index contributed by atoms with van der Waals surface area (Å²) in [6, 6.07) is 23.2. The Morgan fingerprint density at radius 3 is 2.21 bits per heavy atom. The second-order valence-electron chi connectivity index (χ2n) is 8.50. The Morgan fingerprint density at radius 1 is 0.882 bits per heavy atom. The van der Waals surface area contributed by atoms with E-state index in [1.165, 1.54) is 11.1 Å². The molecule has 3 N–H and O–H groups in total. The van der Waals surface area contributed by atoms with Crippen molar-refractivity contribution in [3.8, 4) is 22.4 Å². The van der Waals surface area contributed by atoms with Gasteiger partial charge in [0.2, 0.25) is 5.95 Å². The van der Waals surface area contributed by atoms with Crippen LogP contribution in [0.5, 0.6) is 0 Å². The zero-order chi connectivity index (χ0) is 23.6. The average molecular weight is 476 g/mol. The molecule has 4 aromatic rings. The van der Waals surface area contributed by atoms with Crippen LogP contribution in [-0.2, 0) is 0 Å². The predicted molar refractivity (Wildman–Crippen MR) is 145 cm³/mol. The third-order valence-electron chi connectivity index (χ3n) is 5.01. The summed E-state index contributed by atoms with van der Waals surface area (Å²) < 4.78 is 0. The summed E-state index contributed by atoms with van der Waals surface area (Å²) in [5.74, 6) is 0.997. The zero-order valence-electron chi connectivity index (χ0n) is 20.3. The molecule has 0 amide bonds. The van der Waals surface area contributed by atoms with E-state index in [2.05, 4.69) is 77.7 Å². The number of rotatable bonds is 6. The number of nitrogens with two attached hydrogens (primary N) is 1. The fourth-order valence-electron chi connectivity index (χ4n) is 3.36. The SMILES string of the molecule is CC(C)N.Cc1cccc(-c2cnc(NCC(C)c3ccccc3)nc2-c2ccncc2)c1.Cl. The minimum Gasteiger partial charge on any atom is -0.354 e. The van der Waals surface area contributed by atoms with Crippen molar-refractivity contribution in [3.05, 3.63) is 96.4 Å². The number of pyridine rings is 1. The van der Waals surface area contributed by atoms with Crippen molar-refractivity contribution < 1.29 is 0 Å². The zero-order valence-corrected chi connectivity index (χ0v) is 21.1. The van der Waals surface area contributed by atoms with Gasteiger partial charge in [0.25, 0.3) is 0 Å². The van der Waals surface area contributed by atoms with Crippen molar-refractivity contribution in [2.45, 2.75) is 39.7 Å². The minimum atomic E-state index is 0. The van der Waals surface area contributed by atoms with E-state index < -0.39 is 0 Å². The second kappa shape index (κ2) is 13.4. The van der Waals surface area contributed by atoms with E-state index in [0.717, 1.165) is 28.9 Å². The summed E-state index contributed by atoms with van der Waals surface area (Å²) in [4.78, 5) is 13.6. The van der Waals surface area contributed by atoms with Crippen LogP contribution >= 0.6 is 12.4 Å². The summed E-state index contributed by atoms with van der Waals surface area (Å²) >= 11 is 0. The normalized spacial score (nSPS) is 11.1. The summed E-state index contributed by atoms with van der Waals surface area (Å²) in [5.41, 5.74) is 11.7. The fourth-order valence-corrected chi connectivity index (χ4v) is 3.36. The number of benzene rings is 2. The van der Waals surface area contributed by atoms with E-state index in [1.54, 1.807) is 12.4 Å². The maximum absolute atomic E-state index is 5.11. The molecule has 0 spiro atoms. The molecule has 1 unspecified atom stereocenters. The average Bonchev–Trinajstić information content (AvgIpc) is 2.83. The molecule has 4 rings (SSSR count). The maximum atomic E-state index is 5.11. The molecular formula is C28H34ClN5. The molecule has 0 fully saturated rings. The molecule has 2 heterocycles. The highest BCUT2D eigenvalue weighted by Crippen LogP contribution is 2.31. The minimum absolute atomic E-state index is 0. The first-order chi connectivity index (χ1) is 15.9. The van der Waals surface area contributed by atoms with E-state index in [0.29, 0.717) is 17.9 Å². The Morgan fingerprint density at radius 2 is 1.56 bits per heavy atom. The van der Waals surface area contributed by atoms with Crippen LogP contribution in [0.1, 0.15) is 37.8 Å². The Balaban J connectivity index is 0.000000758. The third kappa shape index (κ3) is 7.94. The van der Waals surface area contributed by atoms with Crippen LogP contribution in [0, 0.1) is 6.92 Å². The van der Waals surface area contributed by atoms with E-state index >= 15 is 0 Å². The lowest BCUT2D eigenvalue weighted by Gasteiger charge is -2.15. The largest absolute Gasteiger partial charge is 0.354 e. The standard InChI is InChI=1S/C25H24N4.C3H9N.ClH/c1-18-7-6-10-22(15-18)23-17-28-25(29-24(23)21-11-13-26-14-12-21)27-16-19(2)20-8-4-3-5-9-20;1-3(2)4;/h3-15,17,19H,16H2,1-2H3,(H,27,28,29);3H,4H2,1-2H3;1H. The molecule has 5 nitrogen and oxygen atoms in total. The van der Waals surface area contributed by atoms with Gasteiger partial charge in [0.15, 0.2) is 0 Å². The Kier molecular flexibility index (Phi) is 10.7. The van der Waals surface area contributed by atoms with Crippen LogP contribution in [0.3, 0.4) is 0 Å². The molecule has 0 saturated carbocycles. The molecule has 6 heteroatoms. The van der Waals surface area contributed by atoms with Gasteiger partial charge in [-0.3, -0.25) is 4.98 Å². The predicted octanol–water partition coefficient (Wildman–Crippen LogP) is 6.50. The number of hydrogen-bond acceptors (Lipinski definition) is 5. The Bertz CT molecular complexity index is 1130. The first kappa shape index (κ1) is 27.0. The number of aromatic nitrogens is 3. The molecule has 0 saturated heterocycles. The highest BCUT2D eigenvalue weighted by molar-refractivity contribution is 5.85. The van der Waals surface area contributed by atoms with Gasteiger partial charge in [0, 0.05) is 36.3 Å². The monoisotopic (exact) mass is 475 g/mol. The van der Waals surface area contributed by atoms with Crippen molar-refractivity contribution in [2.75, 3.05) is 11.9 Å². The molecule has 2 aromatic carbocycles. The third-order valence-corrected chi connectivity index (χ3v) is 5.01. The quantitative estimate of drug-likeness (QED) is 0.332. The second-order valence-corrected chi connectivity index (χ2v) is 8.50. The topological polar surface area (TPSA) is 76.7 Å². The van der Waals surface area contributed by atoms with E-state index in [4.69, 9.17) is 10.7 Å². The van der Waals surface area contributed by atoms with Gasteiger partial charge < -0.3 is 11.1 Å².